The summed E-state index contributed by atoms with van der Waals surface area (Å²) in [5.41, 5.74) is 0.634. The van der Waals surface area contributed by atoms with E-state index in [2.05, 4.69) is 30.8 Å². The number of benzene rings is 1. The molecule has 0 aliphatic carbocycles. The predicted molar refractivity (Wildman–Crippen MR) is 77.9 cm³/mol. The number of hydrogen-bond donors (Lipinski definition) is 1. The third-order valence-electron chi connectivity index (χ3n) is 2.73. The summed E-state index contributed by atoms with van der Waals surface area (Å²) in [5.74, 6) is -0.503. The standard InChI is InChI=1S/C12H8BrFN4O2S/c13-8-5-11(12-16-15-7-18(12)6-8)17-21(19,20)10-3-1-9(14)2-4-10/h1-7,17H. The van der Waals surface area contributed by atoms with Crippen molar-refractivity contribution in [2.24, 2.45) is 0 Å². The topological polar surface area (TPSA) is 76.4 Å². The SMILES string of the molecule is O=S(=O)(Nc1cc(Br)cn2cnnc12)c1ccc(F)cc1. The lowest BCUT2D eigenvalue weighted by molar-refractivity contribution is 0.599. The van der Waals surface area contributed by atoms with E-state index in [1.807, 2.05) is 0 Å². The van der Waals surface area contributed by atoms with E-state index >= 15 is 0 Å². The van der Waals surface area contributed by atoms with Gasteiger partial charge in [-0.25, -0.2) is 12.8 Å². The first-order chi connectivity index (χ1) is 9.95. The Morgan fingerprint density at radius 1 is 1.24 bits per heavy atom. The normalized spacial score (nSPS) is 11.7. The first kappa shape index (κ1) is 14.0. The van der Waals surface area contributed by atoms with E-state index in [1.54, 1.807) is 16.7 Å². The first-order valence-electron chi connectivity index (χ1n) is 5.73. The molecule has 2 heterocycles. The van der Waals surface area contributed by atoms with Gasteiger partial charge in [-0.15, -0.1) is 10.2 Å². The lowest BCUT2D eigenvalue weighted by atomic mass is 10.4. The molecule has 0 fully saturated rings. The molecule has 0 saturated heterocycles. The Labute approximate surface area is 127 Å². The van der Waals surface area contributed by atoms with Crippen molar-refractivity contribution < 1.29 is 12.8 Å². The second kappa shape index (κ2) is 5.08. The van der Waals surface area contributed by atoms with Crippen LogP contribution in [0.4, 0.5) is 10.1 Å². The molecule has 0 atom stereocenters. The maximum atomic E-state index is 12.9. The molecule has 0 aliphatic heterocycles. The Bertz CT molecular complexity index is 909. The maximum Gasteiger partial charge on any atom is 0.262 e. The van der Waals surface area contributed by atoms with Gasteiger partial charge in [0.15, 0.2) is 5.65 Å². The molecule has 108 valence electrons. The van der Waals surface area contributed by atoms with Gasteiger partial charge in [0.1, 0.15) is 12.1 Å². The van der Waals surface area contributed by atoms with Gasteiger partial charge in [-0.05, 0) is 46.3 Å². The molecular weight excluding hydrogens is 363 g/mol. The average Bonchev–Trinajstić information content (AvgIpc) is 2.87. The monoisotopic (exact) mass is 370 g/mol. The minimum atomic E-state index is -3.83. The highest BCUT2D eigenvalue weighted by molar-refractivity contribution is 9.10. The smallest absolute Gasteiger partial charge is 0.262 e. The number of nitrogens with one attached hydrogen (secondary N) is 1. The number of halogens is 2. The molecule has 0 bridgehead atoms. The van der Waals surface area contributed by atoms with Crippen molar-refractivity contribution in [1.29, 1.82) is 0 Å². The van der Waals surface area contributed by atoms with Crippen molar-refractivity contribution in [3.63, 3.8) is 0 Å². The Hall–Kier alpha value is -2.00. The number of pyridine rings is 1. The molecule has 0 radical (unpaired) electrons. The van der Waals surface area contributed by atoms with Crippen LogP contribution in [-0.4, -0.2) is 23.0 Å². The molecule has 3 rings (SSSR count). The quantitative estimate of drug-likeness (QED) is 0.767. The molecule has 6 nitrogen and oxygen atoms in total. The fraction of sp³-hybridized carbons (Fsp3) is 0. The van der Waals surface area contributed by atoms with Crippen LogP contribution in [0, 0.1) is 5.82 Å². The molecule has 9 heteroatoms. The van der Waals surface area contributed by atoms with Crippen LogP contribution in [-0.2, 0) is 10.0 Å². The van der Waals surface area contributed by atoms with Gasteiger partial charge in [-0.1, -0.05) is 0 Å². The van der Waals surface area contributed by atoms with Gasteiger partial charge in [0.05, 0.1) is 10.6 Å². The summed E-state index contributed by atoms with van der Waals surface area (Å²) in [6, 6.07) is 6.13. The van der Waals surface area contributed by atoms with E-state index in [0.29, 0.717) is 10.1 Å². The number of hydrogen-bond acceptors (Lipinski definition) is 4. The number of fused-ring (bicyclic) bond motifs is 1. The fourth-order valence-corrected chi connectivity index (χ4v) is 3.30. The van der Waals surface area contributed by atoms with Crippen LogP contribution < -0.4 is 4.72 Å². The molecular formula is C12H8BrFN4O2S. The summed E-state index contributed by atoms with van der Waals surface area (Å²) < 4.78 is 42.1. The van der Waals surface area contributed by atoms with E-state index in [-0.39, 0.29) is 10.6 Å². The Kier molecular flexibility index (Phi) is 3.38. The molecule has 0 spiro atoms. The van der Waals surface area contributed by atoms with Gasteiger partial charge in [-0.3, -0.25) is 9.12 Å². The van der Waals surface area contributed by atoms with E-state index in [1.165, 1.54) is 18.5 Å². The highest BCUT2D eigenvalue weighted by atomic mass is 79.9. The Morgan fingerprint density at radius 2 is 1.95 bits per heavy atom. The zero-order chi connectivity index (χ0) is 15.0. The minimum absolute atomic E-state index is 0.0402. The van der Waals surface area contributed by atoms with Crippen LogP contribution in [0.2, 0.25) is 0 Å². The fourth-order valence-electron chi connectivity index (χ4n) is 1.80. The number of sulfonamides is 1. The number of aromatic nitrogens is 3. The van der Waals surface area contributed by atoms with Crippen LogP contribution in [0.25, 0.3) is 5.65 Å². The Morgan fingerprint density at radius 3 is 2.67 bits per heavy atom. The molecule has 1 aromatic carbocycles. The van der Waals surface area contributed by atoms with E-state index in [0.717, 1.165) is 12.1 Å². The number of rotatable bonds is 3. The third kappa shape index (κ3) is 2.74. The summed E-state index contributed by atoms with van der Waals surface area (Å²) in [4.78, 5) is -0.0402. The lowest BCUT2D eigenvalue weighted by Crippen LogP contribution is -2.13. The zero-order valence-corrected chi connectivity index (χ0v) is 12.8. The molecule has 2 aromatic heterocycles. The van der Waals surface area contributed by atoms with Crippen LogP contribution >= 0.6 is 15.9 Å². The minimum Gasteiger partial charge on any atom is -0.286 e. The van der Waals surface area contributed by atoms with Gasteiger partial charge in [0.25, 0.3) is 10.0 Å². The van der Waals surface area contributed by atoms with Crippen LogP contribution in [0.15, 0.2) is 52.2 Å². The lowest BCUT2D eigenvalue weighted by Gasteiger charge is -2.09. The van der Waals surface area contributed by atoms with E-state index < -0.39 is 15.8 Å². The van der Waals surface area contributed by atoms with Crippen LogP contribution in [0.5, 0.6) is 0 Å². The van der Waals surface area contributed by atoms with Crippen molar-refractivity contribution in [3.8, 4) is 0 Å². The second-order valence-electron chi connectivity index (χ2n) is 4.19. The Balaban J connectivity index is 2.05. The summed E-state index contributed by atoms with van der Waals surface area (Å²) in [5, 5.41) is 7.58. The predicted octanol–water partition coefficient (Wildman–Crippen LogP) is 2.43. The molecule has 3 aromatic rings. The van der Waals surface area contributed by atoms with Crippen molar-refractivity contribution in [1.82, 2.24) is 14.6 Å². The first-order valence-corrected chi connectivity index (χ1v) is 8.00. The van der Waals surface area contributed by atoms with E-state index in [4.69, 9.17) is 0 Å². The highest BCUT2D eigenvalue weighted by Gasteiger charge is 2.17. The summed E-state index contributed by atoms with van der Waals surface area (Å²) >= 11 is 3.28. The van der Waals surface area contributed by atoms with Gasteiger partial charge < -0.3 is 0 Å². The second-order valence-corrected chi connectivity index (χ2v) is 6.79. The highest BCUT2D eigenvalue weighted by Crippen LogP contribution is 2.23. The van der Waals surface area contributed by atoms with Gasteiger partial charge in [0.2, 0.25) is 0 Å². The van der Waals surface area contributed by atoms with Crippen molar-refractivity contribution >= 4 is 37.3 Å². The van der Waals surface area contributed by atoms with Crippen molar-refractivity contribution in [2.75, 3.05) is 4.72 Å². The van der Waals surface area contributed by atoms with Crippen molar-refractivity contribution in [3.05, 3.63) is 53.1 Å². The van der Waals surface area contributed by atoms with Gasteiger partial charge in [-0.2, -0.15) is 0 Å². The summed E-state index contributed by atoms with van der Waals surface area (Å²) in [7, 11) is -3.83. The molecule has 21 heavy (non-hydrogen) atoms. The van der Waals surface area contributed by atoms with Gasteiger partial charge in [0, 0.05) is 10.7 Å². The molecule has 1 N–H and O–H groups in total. The molecule has 0 saturated carbocycles. The molecule has 0 aliphatic rings. The van der Waals surface area contributed by atoms with Crippen LogP contribution in [0.1, 0.15) is 0 Å². The number of anilines is 1. The maximum absolute atomic E-state index is 12.9. The molecule has 0 amide bonds. The van der Waals surface area contributed by atoms with Crippen LogP contribution in [0.3, 0.4) is 0 Å². The number of nitrogens with zero attached hydrogens (tertiary/aromatic N) is 3. The summed E-state index contributed by atoms with van der Waals surface area (Å²) in [6.07, 6.45) is 3.15. The third-order valence-corrected chi connectivity index (χ3v) is 4.54. The zero-order valence-electron chi connectivity index (χ0n) is 10.4. The summed E-state index contributed by atoms with van der Waals surface area (Å²) in [6.45, 7) is 0. The van der Waals surface area contributed by atoms with E-state index in [9.17, 15) is 12.8 Å². The van der Waals surface area contributed by atoms with Crippen molar-refractivity contribution in [2.45, 2.75) is 4.90 Å². The molecule has 0 unspecified atom stereocenters. The van der Waals surface area contributed by atoms with Gasteiger partial charge >= 0.3 is 0 Å². The largest absolute Gasteiger partial charge is 0.286 e. The average molecular weight is 371 g/mol.